The van der Waals surface area contributed by atoms with E-state index < -0.39 is 0 Å². The van der Waals surface area contributed by atoms with Crippen LogP contribution in [0.3, 0.4) is 0 Å². The van der Waals surface area contributed by atoms with Crippen LogP contribution in [0, 0.1) is 11.3 Å². The Morgan fingerprint density at radius 3 is 2.68 bits per heavy atom. The molecule has 0 fully saturated rings. The lowest BCUT2D eigenvalue weighted by molar-refractivity contribution is 0.252. The molecule has 1 aromatic carbocycles. The van der Waals surface area contributed by atoms with E-state index in [9.17, 15) is 4.79 Å². The van der Waals surface area contributed by atoms with Crippen LogP contribution in [0.5, 0.6) is 0 Å². The van der Waals surface area contributed by atoms with Crippen molar-refractivity contribution in [2.45, 2.75) is 6.42 Å². The number of nitrogens with one attached hydrogen (secondary N) is 2. The van der Waals surface area contributed by atoms with Gasteiger partial charge in [-0.05, 0) is 42.1 Å². The number of nitrogens with zero attached hydrogens (tertiary/aromatic N) is 1. The predicted molar refractivity (Wildman–Crippen MR) is 76.2 cm³/mol. The van der Waals surface area contributed by atoms with Gasteiger partial charge in [0.2, 0.25) is 0 Å². The first-order valence-corrected chi connectivity index (χ1v) is 6.73. The molecule has 0 aliphatic rings. The maximum Gasteiger partial charge on any atom is 0.319 e. The third-order valence-electron chi connectivity index (χ3n) is 2.51. The molecule has 2 rings (SSSR count). The molecule has 1 aromatic heterocycles. The molecule has 0 saturated carbocycles. The zero-order valence-corrected chi connectivity index (χ0v) is 11.0. The van der Waals surface area contributed by atoms with E-state index in [-0.39, 0.29) is 6.03 Å². The van der Waals surface area contributed by atoms with Gasteiger partial charge in [0.05, 0.1) is 11.6 Å². The quantitative estimate of drug-likeness (QED) is 0.897. The predicted octanol–water partition coefficient (Wildman–Crippen LogP) is 2.98. The summed E-state index contributed by atoms with van der Waals surface area (Å²) in [5.74, 6) is 0. The molecule has 1 heterocycles. The van der Waals surface area contributed by atoms with Gasteiger partial charge in [0.25, 0.3) is 0 Å². The van der Waals surface area contributed by atoms with Crippen LogP contribution in [0.1, 0.15) is 10.4 Å². The number of hydrogen-bond acceptors (Lipinski definition) is 3. The van der Waals surface area contributed by atoms with Gasteiger partial charge in [-0.15, -0.1) is 11.3 Å². The summed E-state index contributed by atoms with van der Waals surface area (Å²) in [4.78, 5) is 12.9. The number of urea groups is 1. The molecular formula is C14H13N3OS. The van der Waals surface area contributed by atoms with E-state index in [0.717, 1.165) is 6.42 Å². The fourth-order valence-electron chi connectivity index (χ4n) is 1.56. The Balaban J connectivity index is 1.76. The molecule has 19 heavy (non-hydrogen) atoms. The summed E-state index contributed by atoms with van der Waals surface area (Å²) in [7, 11) is 0. The third-order valence-corrected chi connectivity index (χ3v) is 3.45. The number of thiophene rings is 1. The second-order valence-electron chi connectivity index (χ2n) is 3.90. The smallest absolute Gasteiger partial charge is 0.319 e. The lowest BCUT2D eigenvalue weighted by Gasteiger charge is -2.06. The first-order valence-electron chi connectivity index (χ1n) is 5.85. The maximum atomic E-state index is 11.6. The maximum absolute atomic E-state index is 11.6. The Morgan fingerprint density at radius 2 is 2.05 bits per heavy atom. The first kappa shape index (κ1) is 13.1. The average Bonchev–Trinajstić information content (AvgIpc) is 2.93. The number of hydrogen-bond donors (Lipinski definition) is 2. The lowest BCUT2D eigenvalue weighted by atomic mass is 10.2. The second-order valence-corrected chi connectivity index (χ2v) is 4.93. The van der Waals surface area contributed by atoms with E-state index in [1.165, 1.54) is 4.88 Å². The minimum Gasteiger partial charge on any atom is -0.338 e. The molecule has 96 valence electrons. The van der Waals surface area contributed by atoms with Crippen LogP contribution in [0.15, 0.2) is 41.8 Å². The second kappa shape index (κ2) is 6.57. The average molecular weight is 271 g/mol. The van der Waals surface area contributed by atoms with E-state index in [2.05, 4.69) is 10.6 Å². The van der Waals surface area contributed by atoms with Crippen LogP contribution in [-0.2, 0) is 6.42 Å². The molecule has 0 radical (unpaired) electrons. The normalized spacial score (nSPS) is 9.63. The summed E-state index contributed by atoms with van der Waals surface area (Å²) in [6.45, 7) is 0.600. The number of carbonyl (C=O) groups excluding carboxylic acids is 1. The van der Waals surface area contributed by atoms with Crippen LogP contribution >= 0.6 is 11.3 Å². The third kappa shape index (κ3) is 4.12. The highest BCUT2D eigenvalue weighted by molar-refractivity contribution is 7.09. The highest BCUT2D eigenvalue weighted by Crippen LogP contribution is 2.09. The Hall–Kier alpha value is -2.32. The monoisotopic (exact) mass is 271 g/mol. The van der Waals surface area contributed by atoms with E-state index in [4.69, 9.17) is 5.26 Å². The fourth-order valence-corrected chi connectivity index (χ4v) is 2.27. The van der Waals surface area contributed by atoms with E-state index in [0.29, 0.717) is 17.8 Å². The van der Waals surface area contributed by atoms with Gasteiger partial charge in [0, 0.05) is 17.1 Å². The van der Waals surface area contributed by atoms with Crippen molar-refractivity contribution in [1.29, 1.82) is 5.26 Å². The highest BCUT2D eigenvalue weighted by Gasteiger charge is 2.01. The molecule has 0 unspecified atom stereocenters. The summed E-state index contributed by atoms with van der Waals surface area (Å²) in [6.07, 6.45) is 0.832. The molecule has 0 spiro atoms. The summed E-state index contributed by atoms with van der Waals surface area (Å²) in [5, 5.41) is 16.2. The Kier molecular flexibility index (Phi) is 4.54. The zero-order valence-electron chi connectivity index (χ0n) is 10.2. The summed E-state index contributed by atoms with van der Waals surface area (Å²) < 4.78 is 0. The topological polar surface area (TPSA) is 64.9 Å². The van der Waals surface area contributed by atoms with Crippen LogP contribution in [0.4, 0.5) is 10.5 Å². The van der Waals surface area contributed by atoms with Crippen LogP contribution in [0.2, 0.25) is 0 Å². The Morgan fingerprint density at radius 1 is 1.26 bits per heavy atom. The Bertz CT molecular complexity index is 570. The van der Waals surface area contributed by atoms with E-state index in [1.807, 2.05) is 23.6 Å². The highest BCUT2D eigenvalue weighted by atomic mass is 32.1. The molecule has 2 amide bonds. The van der Waals surface area contributed by atoms with Crippen molar-refractivity contribution in [1.82, 2.24) is 5.32 Å². The van der Waals surface area contributed by atoms with Crippen LogP contribution in [-0.4, -0.2) is 12.6 Å². The summed E-state index contributed by atoms with van der Waals surface area (Å²) >= 11 is 1.68. The van der Waals surface area contributed by atoms with Gasteiger partial charge in [-0.25, -0.2) is 4.79 Å². The van der Waals surface area contributed by atoms with Crippen molar-refractivity contribution in [3.05, 3.63) is 52.2 Å². The van der Waals surface area contributed by atoms with Crippen molar-refractivity contribution < 1.29 is 4.79 Å². The molecule has 0 aliphatic carbocycles. The zero-order chi connectivity index (χ0) is 13.5. The van der Waals surface area contributed by atoms with Crippen molar-refractivity contribution in [3.8, 4) is 6.07 Å². The summed E-state index contributed by atoms with van der Waals surface area (Å²) in [6, 6.07) is 12.6. The number of rotatable bonds is 4. The van der Waals surface area contributed by atoms with Crippen molar-refractivity contribution in [3.63, 3.8) is 0 Å². The number of nitriles is 1. The van der Waals surface area contributed by atoms with Crippen molar-refractivity contribution >= 4 is 23.1 Å². The van der Waals surface area contributed by atoms with Crippen LogP contribution in [0.25, 0.3) is 0 Å². The number of benzene rings is 1. The molecule has 0 bridgehead atoms. The molecule has 0 atom stereocenters. The van der Waals surface area contributed by atoms with Crippen molar-refractivity contribution in [2.24, 2.45) is 0 Å². The molecular weight excluding hydrogens is 258 g/mol. The number of carbonyl (C=O) groups is 1. The molecule has 2 N–H and O–H groups in total. The van der Waals surface area contributed by atoms with Gasteiger partial charge in [0.1, 0.15) is 0 Å². The minimum atomic E-state index is -0.235. The van der Waals surface area contributed by atoms with Gasteiger partial charge in [-0.1, -0.05) is 6.07 Å². The van der Waals surface area contributed by atoms with Gasteiger partial charge >= 0.3 is 6.03 Å². The first-order chi connectivity index (χ1) is 9.28. The largest absolute Gasteiger partial charge is 0.338 e. The van der Waals surface area contributed by atoms with Crippen LogP contribution < -0.4 is 10.6 Å². The van der Waals surface area contributed by atoms with E-state index >= 15 is 0 Å². The summed E-state index contributed by atoms with van der Waals surface area (Å²) in [5.41, 5.74) is 1.25. The lowest BCUT2D eigenvalue weighted by Crippen LogP contribution is -2.30. The van der Waals surface area contributed by atoms with Gasteiger partial charge < -0.3 is 10.6 Å². The van der Waals surface area contributed by atoms with E-state index in [1.54, 1.807) is 35.6 Å². The number of amides is 2. The SMILES string of the molecule is N#Cc1ccc(NC(=O)NCCc2cccs2)cc1. The fraction of sp³-hybridized carbons (Fsp3) is 0.143. The minimum absolute atomic E-state index is 0.235. The molecule has 5 heteroatoms. The van der Waals surface area contributed by atoms with Gasteiger partial charge in [0.15, 0.2) is 0 Å². The van der Waals surface area contributed by atoms with Gasteiger partial charge in [-0.2, -0.15) is 5.26 Å². The Labute approximate surface area is 115 Å². The standard InChI is InChI=1S/C14H13N3OS/c15-10-11-3-5-12(6-4-11)17-14(18)16-8-7-13-2-1-9-19-13/h1-6,9H,7-8H2,(H2,16,17,18). The molecule has 4 nitrogen and oxygen atoms in total. The molecule has 2 aromatic rings. The molecule has 0 saturated heterocycles. The van der Waals surface area contributed by atoms with Crippen molar-refractivity contribution in [2.75, 3.05) is 11.9 Å². The number of anilines is 1. The van der Waals surface area contributed by atoms with Gasteiger partial charge in [-0.3, -0.25) is 0 Å². The molecule has 0 aliphatic heterocycles.